The first-order valence-electron chi connectivity index (χ1n) is 12.0. The molecule has 184 valence electrons. The van der Waals surface area contributed by atoms with Gasteiger partial charge in [0.2, 0.25) is 0 Å². The molecule has 7 nitrogen and oxygen atoms in total. The smallest absolute Gasteiger partial charge is 0.323 e. The molecule has 2 amide bonds. The molecule has 7 heteroatoms. The van der Waals surface area contributed by atoms with E-state index in [1.54, 1.807) is 0 Å². The summed E-state index contributed by atoms with van der Waals surface area (Å²) in [5, 5.41) is 16.7. The van der Waals surface area contributed by atoms with E-state index in [1.807, 2.05) is 70.2 Å². The monoisotopic (exact) mass is 467 g/mol. The first-order chi connectivity index (χ1) is 16.1. The maximum Gasteiger partial charge on any atom is 0.323 e. The molecule has 34 heavy (non-hydrogen) atoms. The second-order valence-corrected chi connectivity index (χ2v) is 9.61. The molecule has 1 aliphatic rings. The van der Waals surface area contributed by atoms with Gasteiger partial charge in [-0.15, -0.1) is 0 Å². The SMILES string of the molecule is CCC(CC(=O)OC)c1ccc(N2CCC[C@H]2C(C)(C)O)c(NC(=O)Nc2ccc(C)cc2)c1. The van der Waals surface area contributed by atoms with Crippen LogP contribution in [0.25, 0.3) is 0 Å². The number of aryl methyl sites for hydroxylation is 1. The minimum absolute atomic E-state index is 0.0223. The van der Waals surface area contributed by atoms with Crippen molar-refractivity contribution < 1.29 is 19.4 Å². The first-order valence-corrected chi connectivity index (χ1v) is 12.0. The van der Waals surface area contributed by atoms with Gasteiger partial charge >= 0.3 is 12.0 Å². The predicted molar refractivity (Wildman–Crippen MR) is 137 cm³/mol. The maximum absolute atomic E-state index is 12.9. The molecule has 0 saturated carbocycles. The van der Waals surface area contributed by atoms with Gasteiger partial charge in [0.1, 0.15) is 0 Å². The number of anilines is 3. The van der Waals surface area contributed by atoms with Gasteiger partial charge in [-0.25, -0.2) is 4.79 Å². The van der Waals surface area contributed by atoms with Crippen molar-refractivity contribution >= 4 is 29.1 Å². The maximum atomic E-state index is 12.9. The van der Waals surface area contributed by atoms with Gasteiger partial charge in [0, 0.05) is 12.2 Å². The Morgan fingerprint density at radius 1 is 1.18 bits per heavy atom. The summed E-state index contributed by atoms with van der Waals surface area (Å²) in [7, 11) is 1.39. The van der Waals surface area contributed by atoms with Crippen molar-refractivity contribution in [2.24, 2.45) is 0 Å². The minimum Gasteiger partial charge on any atom is -0.469 e. The van der Waals surface area contributed by atoms with Crippen LogP contribution in [0.3, 0.4) is 0 Å². The van der Waals surface area contributed by atoms with E-state index in [2.05, 4.69) is 15.5 Å². The molecule has 0 aromatic heterocycles. The highest BCUT2D eigenvalue weighted by Crippen LogP contribution is 2.38. The topological polar surface area (TPSA) is 90.9 Å². The highest BCUT2D eigenvalue weighted by Gasteiger charge is 2.37. The number of urea groups is 1. The van der Waals surface area contributed by atoms with Crippen LogP contribution in [0.4, 0.5) is 21.9 Å². The van der Waals surface area contributed by atoms with Crippen LogP contribution >= 0.6 is 0 Å². The summed E-state index contributed by atoms with van der Waals surface area (Å²) in [5.74, 6) is -0.282. The molecular formula is C27H37N3O4. The van der Waals surface area contributed by atoms with Crippen molar-refractivity contribution in [2.75, 3.05) is 29.2 Å². The molecule has 1 saturated heterocycles. The van der Waals surface area contributed by atoms with E-state index in [1.165, 1.54) is 7.11 Å². The van der Waals surface area contributed by atoms with Gasteiger partial charge in [-0.2, -0.15) is 0 Å². The van der Waals surface area contributed by atoms with Crippen LogP contribution in [-0.4, -0.2) is 42.4 Å². The summed E-state index contributed by atoms with van der Waals surface area (Å²) in [6.45, 7) is 8.47. The van der Waals surface area contributed by atoms with Crippen LogP contribution in [0, 0.1) is 6.92 Å². The highest BCUT2D eigenvalue weighted by molar-refractivity contribution is 6.02. The van der Waals surface area contributed by atoms with E-state index in [4.69, 9.17) is 4.74 Å². The fraction of sp³-hybridized carbons (Fsp3) is 0.481. The average Bonchev–Trinajstić information content (AvgIpc) is 3.29. The lowest BCUT2D eigenvalue weighted by Gasteiger charge is -2.36. The van der Waals surface area contributed by atoms with Crippen LogP contribution in [0.2, 0.25) is 0 Å². The first kappa shape index (κ1) is 25.6. The fourth-order valence-corrected chi connectivity index (χ4v) is 4.65. The summed E-state index contributed by atoms with van der Waals surface area (Å²) in [6.07, 6.45) is 2.88. The Hall–Kier alpha value is -3.06. The Balaban J connectivity index is 1.93. The van der Waals surface area contributed by atoms with Crippen molar-refractivity contribution in [1.29, 1.82) is 0 Å². The molecule has 3 N–H and O–H groups in total. The quantitative estimate of drug-likeness (QED) is 0.450. The van der Waals surface area contributed by atoms with E-state index in [-0.39, 0.29) is 30.4 Å². The van der Waals surface area contributed by atoms with E-state index in [0.29, 0.717) is 11.4 Å². The number of nitrogens with zero attached hydrogens (tertiary/aromatic N) is 1. The molecule has 2 aromatic rings. The molecule has 0 bridgehead atoms. The van der Waals surface area contributed by atoms with Gasteiger partial charge in [-0.3, -0.25) is 4.79 Å². The Morgan fingerprint density at radius 2 is 1.88 bits per heavy atom. The molecular weight excluding hydrogens is 430 g/mol. The average molecular weight is 468 g/mol. The summed E-state index contributed by atoms with van der Waals surface area (Å²) in [5.41, 5.74) is 3.41. The fourth-order valence-electron chi connectivity index (χ4n) is 4.65. The van der Waals surface area contributed by atoms with Crippen molar-refractivity contribution in [3.63, 3.8) is 0 Å². The Kier molecular flexibility index (Phi) is 8.20. The molecule has 1 aliphatic heterocycles. The van der Waals surface area contributed by atoms with E-state index >= 15 is 0 Å². The third-order valence-corrected chi connectivity index (χ3v) is 6.56. The zero-order valence-corrected chi connectivity index (χ0v) is 20.9. The summed E-state index contributed by atoms with van der Waals surface area (Å²) in [4.78, 5) is 27.0. The lowest BCUT2D eigenvalue weighted by molar-refractivity contribution is -0.141. The molecule has 0 radical (unpaired) electrons. The van der Waals surface area contributed by atoms with Crippen molar-refractivity contribution in [2.45, 2.75) is 70.9 Å². The number of rotatable bonds is 8. The second kappa shape index (κ2) is 10.9. The number of amides is 2. The van der Waals surface area contributed by atoms with Gasteiger partial charge in [0.25, 0.3) is 0 Å². The van der Waals surface area contributed by atoms with Crippen molar-refractivity contribution in [1.82, 2.24) is 0 Å². The minimum atomic E-state index is -0.882. The number of hydrogen-bond acceptors (Lipinski definition) is 5. The number of carbonyl (C=O) groups is 2. The number of benzene rings is 2. The molecule has 2 atom stereocenters. The zero-order chi connectivity index (χ0) is 24.9. The lowest BCUT2D eigenvalue weighted by Crippen LogP contribution is -2.46. The molecule has 1 fully saturated rings. The number of esters is 1. The Labute approximate surface area is 202 Å². The normalized spacial score (nSPS) is 16.8. The van der Waals surface area contributed by atoms with E-state index in [9.17, 15) is 14.7 Å². The van der Waals surface area contributed by atoms with Gasteiger partial charge in [0.15, 0.2) is 0 Å². The number of methoxy groups -OCH3 is 1. The number of hydrogen-bond donors (Lipinski definition) is 3. The van der Waals surface area contributed by atoms with Crippen LogP contribution in [0.5, 0.6) is 0 Å². The number of carbonyl (C=O) groups excluding carboxylic acids is 2. The van der Waals surface area contributed by atoms with Crippen molar-refractivity contribution in [3.05, 3.63) is 53.6 Å². The Morgan fingerprint density at radius 3 is 2.50 bits per heavy atom. The Bertz CT molecular complexity index is 998. The largest absolute Gasteiger partial charge is 0.469 e. The van der Waals surface area contributed by atoms with Gasteiger partial charge < -0.3 is 25.4 Å². The van der Waals surface area contributed by atoms with Crippen molar-refractivity contribution in [3.8, 4) is 0 Å². The van der Waals surface area contributed by atoms with Crippen LogP contribution in [0.15, 0.2) is 42.5 Å². The lowest BCUT2D eigenvalue weighted by atomic mass is 9.92. The third-order valence-electron chi connectivity index (χ3n) is 6.56. The van der Waals surface area contributed by atoms with Crippen LogP contribution in [-0.2, 0) is 9.53 Å². The summed E-state index contributed by atoms with van der Waals surface area (Å²) < 4.78 is 4.88. The predicted octanol–water partition coefficient (Wildman–Crippen LogP) is 5.44. The van der Waals surface area contributed by atoms with Crippen LogP contribution in [0.1, 0.15) is 63.5 Å². The number of aliphatic hydroxyl groups is 1. The molecule has 2 aromatic carbocycles. The molecule has 0 spiro atoms. The molecule has 0 aliphatic carbocycles. The van der Waals surface area contributed by atoms with E-state index in [0.717, 1.165) is 42.6 Å². The highest BCUT2D eigenvalue weighted by atomic mass is 16.5. The zero-order valence-electron chi connectivity index (χ0n) is 20.9. The molecule has 1 unspecified atom stereocenters. The standard InChI is InChI=1S/C27H37N3O4/c1-6-19(17-25(31)34-5)20-11-14-23(30-15-7-8-24(30)27(3,4)33)22(16-20)29-26(32)28-21-12-9-18(2)10-13-21/h9-14,16,19,24,33H,6-8,15,17H2,1-5H3,(H2,28,29,32)/t19?,24-/m0/s1. The summed E-state index contributed by atoms with van der Waals surface area (Å²) in [6, 6.07) is 13.1. The third kappa shape index (κ3) is 6.29. The number of nitrogens with one attached hydrogen (secondary N) is 2. The number of ether oxygens (including phenoxy) is 1. The van der Waals surface area contributed by atoms with E-state index < -0.39 is 5.60 Å². The molecule has 1 heterocycles. The summed E-state index contributed by atoms with van der Waals surface area (Å²) >= 11 is 0. The van der Waals surface area contributed by atoms with Gasteiger partial charge in [-0.1, -0.05) is 30.7 Å². The van der Waals surface area contributed by atoms with Gasteiger partial charge in [-0.05, 0) is 75.8 Å². The van der Waals surface area contributed by atoms with Gasteiger partial charge in [0.05, 0.1) is 36.5 Å². The van der Waals surface area contributed by atoms with Crippen LogP contribution < -0.4 is 15.5 Å². The molecule has 3 rings (SSSR count). The second-order valence-electron chi connectivity index (χ2n) is 9.61.